The zero-order valence-electron chi connectivity index (χ0n) is 9.88. The molecular weight excluding hydrogens is 201 g/mol. The Morgan fingerprint density at radius 1 is 1.38 bits per heavy atom. The van der Waals surface area contributed by atoms with Gasteiger partial charge in [0.25, 0.3) is 0 Å². The standard InChI is InChI=1S/C14H20FN/c1-11-8-9-16-13(10-11)7-6-12-4-2-3-5-14(12)15/h2-5,11,13,16H,6-10H2,1H3. The quantitative estimate of drug-likeness (QED) is 0.826. The fraction of sp³-hybridized carbons (Fsp3) is 0.571. The fourth-order valence-corrected chi connectivity index (χ4v) is 2.47. The molecule has 1 N–H and O–H groups in total. The summed E-state index contributed by atoms with van der Waals surface area (Å²) in [6.07, 6.45) is 4.40. The predicted molar refractivity (Wildman–Crippen MR) is 64.9 cm³/mol. The van der Waals surface area contributed by atoms with Gasteiger partial charge in [-0.3, -0.25) is 0 Å². The molecule has 16 heavy (non-hydrogen) atoms. The van der Waals surface area contributed by atoms with Crippen LogP contribution >= 0.6 is 0 Å². The number of hydrogen-bond donors (Lipinski definition) is 1. The second-order valence-electron chi connectivity index (χ2n) is 4.91. The first-order valence-electron chi connectivity index (χ1n) is 6.22. The minimum absolute atomic E-state index is 0.0636. The first kappa shape index (κ1) is 11.6. The van der Waals surface area contributed by atoms with E-state index >= 15 is 0 Å². The Hall–Kier alpha value is -0.890. The van der Waals surface area contributed by atoms with Crippen LogP contribution < -0.4 is 5.32 Å². The summed E-state index contributed by atoms with van der Waals surface area (Å²) < 4.78 is 13.4. The lowest BCUT2D eigenvalue weighted by atomic mass is 9.91. The predicted octanol–water partition coefficient (Wildman–Crippen LogP) is 3.15. The number of benzene rings is 1. The van der Waals surface area contributed by atoms with Crippen molar-refractivity contribution in [1.82, 2.24) is 5.32 Å². The minimum atomic E-state index is -0.0636. The summed E-state index contributed by atoms with van der Waals surface area (Å²) >= 11 is 0. The number of hydrogen-bond acceptors (Lipinski definition) is 1. The highest BCUT2D eigenvalue weighted by Gasteiger charge is 2.18. The highest BCUT2D eigenvalue weighted by Crippen LogP contribution is 2.19. The average Bonchev–Trinajstić information content (AvgIpc) is 2.28. The summed E-state index contributed by atoms with van der Waals surface area (Å²) in [5.74, 6) is 0.748. The van der Waals surface area contributed by atoms with E-state index in [1.54, 1.807) is 12.1 Å². The van der Waals surface area contributed by atoms with Gasteiger partial charge in [-0.1, -0.05) is 25.1 Å². The van der Waals surface area contributed by atoms with Gasteiger partial charge in [0.1, 0.15) is 5.82 Å². The summed E-state index contributed by atoms with van der Waals surface area (Å²) in [7, 11) is 0. The Labute approximate surface area is 97.1 Å². The third-order valence-electron chi connectivity index (χ3n) is 3.48. The second-order valence-corrected chi connectivity index (χ2v) is 4.91. The van der Waals surface area contributed by atoms with Gasteiger partial charge in [0.05, 0.1) is 0 Å². The van der Waals surface area contributed by atoms with E-state index in [1.807, 2.05) is 12.1 Å². The zero-order valence-corrected chi connectivity index (χ0v) is 9.88. The zero-order chi connectivity index (χ0) is 11.4. The summed E-state index contributed by atoms with van der Waals surface area (Å²) in [5.41, 5.74) is 0.850. The van der Waals surface area contributed by atoms with Crippen LogP contribution in [0.25, 0.3) is 0 Å². The van der Waals surface area contributed by atoms with Crippen LogP contribution in [0, 0.1) is 11.7 Å². The number of halogens is 1. The van der Waals surface area contributed by atoms with Crippen molar-refractivity contribution < 1.29 is 4.39 Å². The van der Waals surface area contributed by atoms with Crippen LogP contribution in [0.1, 0.15) is 31.7 Å². The van der Waals surface area contributed by atoms with Gasteiger partial charge in [0, 0.05) is 6.04 Å². The molecule has 2 rings (SSSR count). The maximum absolute atomic E-state index is 13.4. The van der Waals surface area contributed by atoms with E-state index in [2.05, 4.69) is 12.2 Å². The number of aryl methyl sites for hydroxylation is 1. The van der Waals surface area contributed by atoms with E-state index in [0.717, 1.165) is 30.9 Å². The van der Waals surface area contributed by atoms with Gasteiger partial charge in [-0.2, -0.15) is 0 Å². The van der Waals surface area contributed by atoms with Crippen LogP contribution in [0.5, 0.6) is 0 Å². The van der Waals surface area contributed by atoms with Crippen LogP contribution in [0.2, 0.25) is 0 Å². The van der Waals surface area contributed by atoms with Crippen molar-refractivity contribution in [3.05, 3.63) is 35.6 Å². The van der Waals surface area contributed by atoms with E-state index in [9.17, 15) is 4.39 Å². The number of nitrogens with one attached hydrogen (secondary N) is 1. The SMILES string of the molecule is CC1CCNC(CCc2ccccc2F)C1. The van der Waals surface area contributed by atoms with E-state index in [4.69, 9.17) is 0 Å². The average molecular weight is 221 g/mol. The molecule has 1 saturated heterocycles. The molecule has 2 unspecified atom stereocenters. The van der Waals surface area contributed by atoms with E-state index < -0.39 is 0 Å². The molecule has 0 radical (unpaired) electrons. The van der Waals surface area contributed by atoms with Crippen LogP contribution in [0.4, 0.5) is 4.39 Å². The summed E-state index contributed by atoms with van der Waals surface area (Å²) in [4.78, 5) is 0. The maximum atomic E-state index is 13.4. The Morgan fingerprint density at radius 3 is 2.94 bits per heavy atom. The summed E-state index contributed by atoms with van der Waals surface area (Å²) in [5, 5.41) is 3.52. The van der Waals surface area contributed by atoms with Crippen molar-refractivity contribution in [2.45, 2.75) is 38.6 Å². The number of rotatable bonds is 3. The monoisotopic (exact) mass is 221 g/mol. The van der Waals surface area contributed by atoms with Gasteiger partial charge in [-0.15, -0.1) is 0 Å². The van der Waals surface area contributed by atoms with Gasteiger partial charge in [-0.05, 0) is 49.8 Å². The normalized spacial score (nSPS) is 25.6. The lowest BCUT2D eigenvalue weighted by Crippen LogP contribution is -2.37. The van der Waals surface area contributed by atoms with Crippen molar-refractivity contribution in [3.63, 3.8) is 0 Å². The Morgan fingerprint density at radius 2 is 2.19 bits per heavy atom. The molecule has 2 atom stereocenters. The topological polar surface area (TPSA) is 12.0 Å². The number of piperidine rings is 1. The van der Waals surface area contributed by atoms with Gasteiger partial charge in [0.15, 0.2) is 0 Å². The van der Waals surface area contributed by atoms with Crippen LogP contribution in [0.15, 0.2) is 24.3 Å². The molecule has 1 aliphatic rings. The third-order valence-corrected chi connectivity index (χ3v) is 3.48. The maximum Gasteiger partial charge on any atom is 0.126 e. The van der Waals surface area contributed by atoms with Gasteiger partial charge >= 0.3 is 0 Å². The summed E-state index contributed by atoms with van der Waals surface area (Å²) in [6, 6.07) is 7.67. The minimum Gasteiger partial charge on any atom is -0.314 e. The van der Waals surface area contributed by atoms with E-state index in [-0.39, 0.29) is 5.82 Å². The molecular formula is C14H20FN. The molecule has 0 spiro atoms. The van der Waals surface area contributed by atoms with Gasteiger partial charge < -0.3 is 5.32 Å². The molecule has 1 nitrogen and oxygen atoms in total. The van der Waals surface area contributed by atoms with Gasteiger partial charge in [0.2, 0.25) is 0 Å². The van der Waals surface area contributed by atoms with Crippen molar-refractivity contribution in [2.24, 2.45) is 5.92 Å². The highest BCUT2D eigenvalue weighted by molar-refractivity contribution is 5.17. The molecule has 0 aromatic heterocycles. The van der Waals surface area contributed by atoms with Crippen molar-refractivity contribution in [2.75, 3.05) is 6.54 Å². The molecule has 0 amide bonds. The Kier molecular flexibility index (Phi) is 3.94. The second kappa shape index (κ2) is 5.44. The van der Waals surface area contributed by atoms with Crippen LogP contribution in [0.3, 0.4) is 0 Å². The largest absolute Gasteiger partial charge is 0.314 e. The van der Waals surface area contributed by atoms with Crippen molar-refractivity contribution in [3.8, 4) is 0 Å². The molecule has 1 fully saturated rings. The molecule has 0 bridgehead atoms. The van der Waals surface area contributed by atoms with Gasteiger partial charge in [-0.25, -0.2) is 4.39 Å². The Balaban J connectivity index is 1.85. The molecule has 2 heteroatoms. The first-order chi connectivity index (χ1) is 7.75. The highest BCUT2D eigenvalue weighted by atomic mass is 19.1. The van der Waals surface area contributed by atoms with Crippen LogP contribution in [-0.2, 0) is 6.42 Å². The molecule has 1 aromatic rings. The Bertz CT molecular complexity index is 337. The molecule has 88 valence electrons. The molecule has 1 aliphatic heterocycles. The molecule has 1 aromatic carbocycles. The van der Waals surface area contributed by atoms with Crippen molar-refractivity contribution in [1.29, 1.82) is 0 Å². The molecule has 1 heterocycles. The lowest BCUT2D eigenvalue weighted by Gasteiger charge is -2.28. The smallest absolute Gasteiger partial charge is 0.126 e. The summed E-state index contributed by atoms with van der Waals surface area (Å²) in [6.45, 7) is 3.42. The molecule has 0 aliphatic carbocycles. The fourth-order valence-electron chi connectivity index (χ4n) is 2.47. The first-order valence-corrected chi connectivity index (χ1v) is 6.22. The van der Waals surface area contributed by atoms with E-state index in [0.29, 0.717) is 6.04 Å². The molecule has 0 saturated carbocycles. The van der Waals surface area contributed by atoms with Crippen molar-refractivity contribution >= 4 is 0 Å². The lowest BCUT2D eigenvalue weighted by molar-refractivity contribution is 0.307. The third kappa shape index (κ3) is 3.05. The van der Waals surface area contributed by atoms with Crippen LogP contribution in [-0.4, -0.2) is 12.6 Å². The van der Waals surface area contributed by atoms with E-state index in [1.165, 1.54) is 12.8 Å².